The van der Waals surface area contributed by atoms with Gasteiger partial charge in [-0.2, -0.15) is 0 Å². The van der Waals surface area contributed by atoms with Gasteiger partial charge in [0.25, 0.3) is 5.91 Å². The second-order valence-electron chi connectivity index (χ2n) is 30.4. The number of likely N-dealkylation sites (N-methyl/N-ethyl adjacent to an activating group) is 3. The molecule has 2 aliphatic heterocycles. The maximum absolute atomic E-state index is 14.9. The first-order valence-corrected chi connectivity index (χ1v) is 41.6. The number of unbranched alkanes of at least 4 members (excludes halogenated alkanes) is 2. The molecule has 2 radical (unpaired) electrons. The van der Waals surface area contributed by atoms with E-state index in [9.17, 15) is 62.6 Å². The second kappa shape index (κ2) is 47.4. The number of carbonyl (C=O) groups excluding carboxylic acids is 11. The highest BCUT2D eigenvalue weighted by Gasteiger charge is 2.49. The van der Waals surface area contributed by atoms with Gasteiger partial charge in [-0.25, -0.2) is 31.0 Å². The van der Waals surface area contributed by atoms with Gasteiger partial charge < -0.3 is 71.7 Å². The van der Waals surface area contributed by atoms with Gasteiger partial charge in [0.05, 0.1) is 17.9 Å². The summed E-state index contributed by atoms with van der Waals surface area (Å²) in [5, 5.41) is 29.2. The predicted molar refractivity (Wildman–Crippen MR) is 433 cm³/mol. The van der Waals surface area contributed by atoms with Crippen LogP contribution in [0.5, 0.6) is 5.75 Å². The number of urea groups is 1. The van der Waals surface area contributed by atoms with Gasteiger partial charge in [0.2, 0.25) is 41.4 Å². The molecule has 0 spiro atoms. The number of imide groups is 1. The number of aromatic nitrogens is 1. The standard InChI is InChI=1S/C80H124BN13O16S2/c1-15-38-93(75(102)68(52(10)17-3)89-71(99)62-27-22-24-39-90(62)12)63(50(6)7)47-64(108-43-16-2)73-87-61(49-111-73)70(98)85-57(44-53(11)76(103)104)45-54-31-35-58(36-32-54)110-79(107)92(14)42-41-91(13)78(106)109-48-55-29-33-56(34-30-55)84-69(97)60(26-25-37-83-77(82)105)86-72(100)67(51(8)9)88-65(95)28-21-20-23-40-94-66(96)46-59(74(94)101)80(18-4,19-5)112-81/h29-36,49-53,57,59-60,62-64,67-68H,15-28,37-48H2,1-14H3,(H,84,97)(H,85,98)(H,86,100)(H,88,95)(H,89,99)(H,103,104)(H3,82,83,105)/t52-,53-,57+,59?,60+,62+,63+,64+,67+,68-/m0/s1. The number of hydrogen-bond acceptors (Lipinski definition) is 19. The number of benzene rings is 2. The van der Waals surface area contributed by atoms with Gasteiger partial charge in [0.1, 0.15) is 47.3 Å². The fourth-order valence-electron chi connectivity index (χ4n) is 13.9. The zero-order valence-electron chi connectivity index (χ0n) is 68.2. The summed E-state index contributed by atoms with van der Waals surface area (Å²) in [6, 6.07) is 8.21. The summed E-state index contributed by atoms with van der Waals surface area (Å²) in [5.41, 5.74) is 7.04. The number of nitrogens with one attached hydrogen (secondary N) is 6. The fraction of sp³-hybridized carbons (Fsp3) is 0.662. The predicted octanol–water partition coefficient (Wildman–Crippen LogP) is 9.75. The van der Waals surface area contributed by atoms with Gasteiger partial charge in [-0.05, 0) is 144 Å². The molecule has 1 aromatic heterocycles. The summed E-state index contributed by atoms with van der Waals surface area (Å²) in [6.45, 7) is 23.2. The summed E-state index contributed by atoms with van der Waals surface area (Å²) >= 11 is 2.41. The van der Waals surface area contributed by atoms with E-state index in [4.69, 9.17) is 32.1 Å². The molecule has 32 heteroatoms. The Balaban J connectivity index is 1.11. The Labute approximate surface area is 671 Å². The molecule has 5 rings (SSSR count). The number of carboxylic acid groups (broad SMARTS) is 1. The number of primary amides is 1. The van der Waals surface area contributed by atoms with Crippen molar-refractivity contribution in [1.82, 2.24) is 56.1 Å². The van der Waals surface area contributed by atoms with Crippen molar-refractivity contribution in [1.29, 1.82) is 0 Å². The Morgan fingerprint density at radius 1 is 0.777 bits per heavy atom. The number of nitrogens with two attached hydrogens (primary N) is 1. The first kappa shape index (κ1) is 94.2. The molecular formula is C80H124BN13O16S2. The molecular weight excluding hydrogens is 1470 g/mol. The quantitative estimate of drug-likeness (QED) is 0.0148. The summed E-state index contributed by atoms with van der Waals surface area (Å²) in [4.78, 5) is 173. The molecule has 2 saturated heterocycles. The molecule has 3 heterocycles. The molecule has 2 fully saturated rings. The van der Waals surface area contributed by atoms with Crippen molar-refractivity contribution in [3.63, 3.8) is 0 Å². The van der Waals surface area contributed by atoms with E-state index in [0.717, 1.165) is 37.4 Å². The number of rotatable bonds is 48. The van der Waals surface area contributed by atoms with Crippen LogP contribution < -0.4 is 42.4 Å². The van der Waals surface area contributed by atoms with Crippen LogP contribution >= 0.6 is 22.9 Å². The number of anilines is 1. The lowest BCUT2D eigenvalue weighted by molar-refractivity contribution is -0.143. The lowest BCUT2D eigenvalue weighted by atomic mass is 9.85. The van der Waals surface area contributed by atoms with Crippen molar-refractivity contribution in [3.8, 4) is 5.75 Å². The maximum atomic E-state index is 14.9. The minimum absolute atomic E-state index is 0.0139. The second-order valence-corrected chi connectivity index (χ2v) is 32.4. The van der Waals surface area contributed by atoms with Crippen molar-refractivity contribution in [3.05, 3.63) is 75.7 Å². The topological polar surface area (TPSA) is 380 Å². The summed E-state index contributed by atoms with van der Waals surface area (Å²) in [6.07, 6.45) is 6.88. The molecule has 3 aromatic rings. The number of carboxylic acids is 1. The molecule has 1 unspecified atom stereocenters. The van der Waals surface area contributed by atoms with Gasteiger partial charge in [-0.3, -0.25) is 53.0 Å². The summed E-state index contributed by atoms with van der Waals surface area (Å²) < 4.78 is 17.2. The summed E-state index contributed by atoms with van der Waals surface area (Å²) in [5.74, 6) is -5.41. The van der Waals surface area contributed by atoms with Crippen LogP contribution in [-0.2, 0) is 60.9 Å². The van der Waals surface area contributed by atoms with Crippen LogP contribution in [0.25, 0.3) is 0 Å². The Bertz CT molecular complexity index is 3560. The molecule has 10 atom stereocenters. The molecule has 29 nitrogen and oxygen atoms in total. The number of piperidine rings is 1. The molecule has 112 heavy (non-hydrogen) atoms. The minimum atomic E-state index is -1.11. The van der Waals surface area contributed by atoms with E-state index >= 15 is 0 Å². The van der Waals surface area contributed by atoms with E-state index in [2.05, 4.69) is 50.6 Å². The van der Waals surface area contributed by atoms with Gasteiger partial charge >= 0.3 is 24.2 Å². The van der Waals surface area contributed by atoms with Gasteiger partial charge in [-0.15, -0.1) is 11.3 Å². The highest BCUT2D eigenvalue weighted by atomic mass is 32.2. The zero-order valence-corrected chi connectivity index (χ0v) is 69.9. The van der Waals surface area contributed by atoms with Crippen molar-refractivity contribution < 1.29 is 76.9 Å². The Hall–Kier alpha value is -8.36. The number of thiazole rings is 1. The molecule has 620 valence electrons. The third-order valence-corrected chi connectivity index (χ3v) is 23.5. The van der Waals surface area contributed by atoms with E-state index in [1.807, 2.05) is 53.5 Å². The molecule has 2 aromatic carbocycles. The van der Waals surface area contributed by atoms with Crippen molar-refractivity contribution in [2.75, 3.05) is 72.3 Å². The number of hydrogen-bond donors (Lipinski definition) is 8. The normalized spacial score (nSPS) is 16.7. The molecule has 9 N–H and O–H groups in total. The zero-order chi connectivity index (χ0) is 82.9. The molecule has 0 aliphatic carbocycles. The first-order valence-electron chi connectivity index (χ1n) is 39.8. The number of amides is 12. The van der Waals surface area contributed by atoms with E-state index < -0.39 is 88.8 Å². The average Bonchev–Trinajstić information content (AvgIpc) is 1.63. The van der Waals surface area contributed by atoms with Crippen LogP contribution in [0.4, 0.5) is 20.1 Å². The number of aliphatic carboxylic acids is 1. The Morgan fingerprint density at radius 3 is 2.04 bits per heavy atom. The van der Waals surface area contributed by atoms with Crippen LogP contribution in [-0.4, -0.2) is 221 Å². The molecule has 2 aliphatic rings. The number of likely N-dealkylation sites (tertiary alicyclic amines) is 2. The van der Waals surface area contributed by atoms with E-state index in [0.29, 0.717) is 92.8 Å². The molecule has 12 amide bonds. The van der Waals surface area contributed by atoms with Crippen LogP contribution in [0.3, 0.4) is 0 Å². The Morgan fingerprint density at radius 2 is 1.45 bits per heavy atom. The lowest BCUT2D eigenvalue weighted by Crippen LogP contribution is -2.58. The van der Waals surface area contributed by atoms with E-state index in [1.54, 1.807) is 74.7 Å². The van der Waals surface area contributed by atoms with E-state index in [-0.39, 0.29) is 142 Å². The van der Waals surface area contributed by atoms with Gasteiger partial charge in [0, 0.05) is 101 Å². The van der Waals surface area contributed by atoms with Crippen molar-refractivity contribution >= 4 is 107 Å². The highest BCUT2D eigenvalue weighted by molar-refractivity contribution is 8.20. The number of ether oxygens (including phenoxy) is 3. The van der Waals surface area contributed by atoms with Gasteiger partial charge in [0.15, 0.2) is 7.12 Å². The van der Waals surface area contributed by atoms with Crippen LogP contribution in [0.1, 0.15) is 218 Å². The summed E-state index contributed by atoms with van der Waals surface area (Å²) in [7, 11) is 11.0. The van der Waals surface area contributed by atoms with Gasteiger partial charge in [-0.1, -0.05) is 120 Å². The minimum Gasteiger partial charge on any atom is -0.481 e. The van der Waals surface area contributed by atoms with E-state index in [1.165, 1.54) is 40.1 Å². The van der Waals surface area contributed by atoms with Crippen molar-refractivity contribution in [2.45, 2.75) is 245 Å². The van der Waals surface area contributed by atoms with Crippen LogP contribution in [0.2, 0.25) is 0 Å². The lowest BCUT2D eigenvalue weighted by Gasteiger charge is -2.40. The maximum Gasteiger partial charge on any atom is 0.415 e. The third kappa shape index (κ3) is 28.9. The largest absolute Gasteiger partial charge is 0.481 e. The Kier molecular flexibility index (Phi) is 39.8. The average molecular weight is 1600 g/mol. The van der Waals surface area contributed by atoms with Crippen LogP contribution in [0.15, 0.2) is 53.9 Å². The first-order chi connectivity index (χ1) is 53.2. The molecule has 0 bridgehead atoms. The molecule has 0 saturated carbocycles. The number of nitrogens with zero attached hydrogens (tertiary/aromatic N) is 6. The monoisotopic (exact) mass is 1600 g/mol. The fourth-order valence-corrected chi connectivity index (χ4v) is 15.4. The SMILES string of the molecule is [B]SC(CC)(CC)C1CC(=O)N(CCCCCC(=O)N[C@@H](C(=O)N[C@H](CCCNC(N)=O)C(=O)Nc2ccc(COC(=O)N(C)CCN(C)C(=O)Oc3ccc(C[C@@H](C[C@H](C)C(=O)O)NC(=O)c4csc([C@@H](C[C@H](C(C)C)N(CCC)C(=O)[C@@H](NC(=O)[C@H]5CCCCN5C)[C@@H](C)CC)OCCC)n4)cc3)cc2)C(C)C)C1=O. The smallest absolute Gasteiger partial charge is 0.415 e. The highest BCUT2D eigenvalue weighted by Crippen LogP contribution is 2.43. The number of carbonyl (C=O) groups is 12. The third-order valence-electron chi connectivity index (χ3n) is 21.2. The van der Waals surface area contributed by atoms with Crippen LogP contribution in [0, 0.1) is 29.6 Å². The van der Waals surface area contributed by atoms with Crippen molar-refractivity contribution in [2.24, 2.45) is 35.3 Å².